The Bertz CT molecular complexity index is 1030. The maximum absolute atomic E-state index is 13.4. The van der Waals surface area contributed by atoms with Gasteiger partial charge in [0.15, 0.2) is 0 Å². The Kier molecular flexibility index (Phi) is 6.67. The van der Waals surface area contributed by atoms with Crippen molar-refractivity contribution in [3.05, 3.63) is 48.3 Å². The van der Waals surface area contributed by atoms with Gasteiger partial charge in [0.2, 0.25) is 17.7 Å². The Labute approximate surface area is 203 Å². The van der Waals surface area contributed by atoms with Crippen molar-refractivity contribution in [1.82, 2.24) is 15.1 Å². The number of anilines is 2. The first-order chi connectivity index (χ1) is 16.9. The van der Waals surface area contributed by atoms with E-state index in [1.165, 1.54) is 5.56 Å². The molecular formula is C26H31F2N5O2. The third-order valence-corrected chi connectivity index (χ3v) is 7.71. The minimum Gasteiger partial charge on any atom is -0.368 e. The van der Waals surface area contributed by atoms with E-state index in [-0.39, 0.29) is 36.5 Å². The van der Waals surface area contributed by atoms with E-state index in [1.807, 2.05) is 23.1 Å². The van der Waals surface area contributed by atoms with Gasteiger partial charge in [-0.3, -0.25) is 9.59 Å². The molecule has 1 aromatic heterocycles. The summed E-state index contributed by atoms with van der Waals surface area (Å²) >= 11 is 0. The molecule has 1 aromatic carbocycles. The molecule has 1 aliphatic carbocycles. The van der Waals surface area contributed by atoms with E-state index in [4.69, 9.17) is 0 Å². The molecule has 35 heavy (non-hydrogen) atoms. The molecule has 0 atom stereocenters. The van der Waals surface area contributed by atoms with Crippen molar-refractivity contribution < 1.29 is 18.4 Å². The number of amides is 2. The van der Waals surface area contributed by atoms with Crippen molar-refractivity contribution in [2.45, 2.75) is 50.4 Å². The van der Waals surface area contributed by atoms with Gasteiger partial charge in [-0.1, -0.05) is 12.1 Å². The standard InChI is InChI=1S/C26H31F2N5O2/c27-26(28)10-5-20(6-11-26)25(35)32-13-8-19(9-14-32)18-1-3-22(4-2-18)31-24(34)21-16-33(17-21)23-7-12-29-30-15-23/h1-4,7,12,15,19-21H,5-6,8-11,13-14,16-17H2,(H,31,34). The Hall–Kier alpha value is -3.10. The predicted octanol–water partition coefficient (Wildman–Crippen LogP) is 4.08. The highest BCUT2D eigenvalue weighted by Gasteiger charge is 2.39. The van der Waals surface area contributed by atoms with Gasteiger partial charge < -0.3 is 15.1 Å². The van der Waals surface area contributed by atoms with E-state index >= 15 is 0 Å². The van der Waals surface area contributed by atoms with Crippen LogP contribution >= 0.6 is 0 Å². The molecule has 2 aromatic rings. The minimum absolute atomic E-state index is 0.0170. The van der Waals surface area contributed by atoms with Crippen molar-refractivity contribution in [1.29, 1.82) is 0 Å². The average Bonchev–Trinajstić information content (AvgIpc) is 2.84. The molecule has 5 rings (SSSR count). The number of nitrogens with zero attached hydrogens (tertiary/aromatic N) is 4. The zero-order valence-electron chi connectivity index (χ0n) is 19.7. The zero-order valence-corrected chi connectivity index (χ0v) is 19.7. The van der Waals surface area contributed by atoms with Crippen LogP contribution in [0.4, 0.5) is 20.2 Å². The summed E-state index contributed by atoms with van der Waals surface area (Å²) in [6, 6.07) is 9.87. The van der Waals surface area contributed by atoms with E-state index < -0.39 is 5.92 Å². The molecule has 0 unspecified atom stereocenters. The first kappa shape index (κ1) is 23.6. The third-order valence-electron chi connectivity index (χ3n) is 7.71. The summed E-state index contributed by atoms with van der Waals surface area (Å²) in [6.07, 6.45) is 5.30. The molecule has 9 heteroatoms. The first-order valence-electron chi connectivity index (χ1n) is 12.5. The van der Waals surface area contributed by atoms with Crippen LogP contribution in [0.3, 0.4) is 0 Å². The number of likely N-dealkylation sites (tertiary alicyclic amines) is 1. The topological polar surface area (TPSA) is 78.4 Å². The summed E-state index contributed by atoms with van der Waals surface area (Å²) in [7, 11) is 0. The second-order valence-electron chi connectivity index (χ2n) is 10.0. The lowest BCUT2D eigenvalue weighted by molar-refractivity contribution is -0.140. The molecule has 0 bridgehead atoms. The molecule has 1 saturated carbocycles. The van der Waals surface area contributed by atoms with E-state index in [9.17, 15) is 18.4 Å². The number of hydrogen-bond acceptors (Lipinski definition) is 5. The summed E-state index contributed by atoms with van der Waals surface area (Å²) in [6.45, 7) is 2.66. The smallest absolute Gasteiger partial charge is 0.248 e. The van der Waals surface area contributed by atoms with Gasteiger partial charge in [0.25, 0.3) is 0 Å². The monoisotopic (exact) mass is 483 g/mol. The molecule has 0 radical (unpaired) electrons. The number of nitrogens with one attached hydrogen (secondary N) is 1. The lowest BCUT2D eigenvalue weighted by Crippen LogP contribution is -2.52. The number of aromatic nitrogens is 2. The highest BCUT2D eigenvalue weighted by Crippen LogP contribution is 2.38. The number of halogens is 2. The van der Waals surface area contributed by atoms with Gasteiger partial charge in [-0.15, -0.1) is 0 Å². The average molecular weight is 484 g/mol. The van der Waals surface area contributed by atoms with Crippen molar-refractivity contribution in [3.8, 4) is 0 Å². The number of hydrogen-bond donors (Lipinski definition) is 1. The van der Waals surface area contributed by atoms with Gasteiger partial charge in [0.05, 0.1) is 24.0 Å². The fourth-order valence-corrected chi connectivity index (χ4v) is 5.39. The molecule has 0 spiro atoms. The van der Waals surface area contributed by atoms with Crippen LogP contribution in [0.2, 0.25) is 0 Å². The molecule has 2 amide bonds. The van der Waals surface area contributed by atoms with Gasteiger partial charge >= 0.3 is 0 Å². The van der Waals surface area contributed by atoms with Crippen LogP contribution in [-0.4, -0.2) is 59.0 Å². The van der Waals surface area contributed by atoms with Crippen molar-refractivity contribution in [2.75, 3.05) is 36.4 Å². The van der Waals surface area contributed by atoms with E-state index in [0.29, 0.717) is 44.9 Å². The van der Waals surface area contributed by atoms with Crippen molar-refractivity contribution in [3.63, 3.8) is 0 Å². The fraction of sp³-hybridized carbons (Fsp3) is 0.538. The highest BCUT2D eigenvalue weighted by molar-refractivity contribution is 5.94. The summed E-state index contributed by atoms with van der Waals surface area (Å²) in [4.78, 5) is 29.3. The number of piperidine rings is 1. The maximum atomic E-state index is 13.4. The van der Waals surface area contributed by atoms with Crippen LogP contribution in [0.25, 0.3) is 0 Å². The second kappa shape index (κ2) is 9.87. The summed E-state index contributed by atoms with van der Waals surface area (Å²) in [5, 5.41) is 10.7. The van der Waals surface area contributed by atoms with Crippen molar-refractivity contribution >= 4 is 23.2 Å². The highest BCUT2D eigenvalue weighted by atomic mass is 19.3. The Morgan fingerprint density at radius 2 is 1.60 bits per heavy atom. The predicted molar refractivity (Wildman–Crippen MR) is 128 cm³/mol. The van der Waals surface area contributed by atoms with Gasteiger partial charge in [0, 0.05) is 50.6 Å². The number of rotatable bonds is 5. The van der Waals surface area contributed by atoms with Gasteiger partial charge in [-0.05, 0) is 55.4 Å². The molecule has 1 N–H and O–H groups in total. The number of carbonyl (C=O) groups excluding carboxylic acids is 2. The van der Waals surface area contributed by atoms with Crippen LogP contribution in [0.15, 0.2) is 42.7 Å². The molecule has 3 aliphatic rings. The SMILES string of the molecule is O=C(Nc1ccc(C2CCN(C(=O)C3CCC(F)(F)CC3)CC2)cc1)C1CN(c2ccnnc2)C1. The van der Waals surface area contributed by atoms with Crippen LogP contribution in [-0.2, 0) is 9.59 Å². The second-order valence-corrected chi connectivity index (χ2v) is 10.0. The third kappa shape index (κ3) is 5.44. The molecule has 186 valence electrons. The summed E-state index contributed by atoms with van der Waals surface area (Å²) in [5.74, 6) is -2.49. The van der Waals surface area contributed by atoms with Crippen LogP contribution < -0.4 is 10.2 Å². The zero-order chi connectivity index (χ0) is 24.4. The molecule has 3 heterocycles. The van der Waals surface area contributed by atoms with E-state index in [0.717, 1.165) is 24.2 Å². The van der Waals surface area contributed by atoms with Crippen LogP contribution in [0.5, 0.6) is 0 Å². The van der Waals surface area contributed by atoms with E-state index in [2.05, 4.69) is 32.5 Å². The lowest BCUT2D eigenvalue weighted by atomic mass is 9.84. The molecule has 3 fully saturated rings. The molecule has 2 aliphatic heterocycles. The fourth-order valence-electron chi connectivity index (χ4n) is 5.39. The molecule has 2 saturated heterocycles. The molecular weight excluding hydrogens is 452 g/mol. The lowest BCUT2D eigenvalue weighted by Gasteiger charge is -2.39. The number of benzene rings is 1. The quantitative estimate of drug-likeness (QED) is 0.693. The Morgan fingerprint density at radius 1 is 0.914 bits per heavy atom. The number of carbonyl (C=O) groups is 2. The maximum Gasteiger partial charge on any atom is 0.248 e. The minimum atomic E-state index is -2.61. The van der Waals surface area contributed by atoms with E-state index in [1.54, 1.807) is 12.4 Å². The van der Waals surface area contributed by atoms with Crippen LogP contribution in [0, 0.1) is 11.8 Å². The van der Waals surface area contributed by atoms with Gasteiger partial charge in [-0.25, -0.2) is 8.78 Å². The Balaban J connectivity index is 1.07. The first-order valence-corrected chi connectivity index (χ1v) is 12.5. The largest absolute Gasteiger partial charge is 0.368 e. The van der Waals surface area contributed by atoms with Gasteiger partial charge in [0.1, 0.15) is 0 Å². The normalized spacial score (nSPS) is 21.4. The van der Waals surface area contributed by atoms with Crippen LogP contribution in [0.1, 0.15) is 50.0 Å². The summed E-state index contributed by atoms with van der Waals surface area (Å²) < 4.78 is 26.8. The number of alkyl halides is 2. The van der Waals surface area contributed by atoms with Crippen molar-refractivity contribution in [2.24, 2.45) is 11.8 Å². The Morgan fingerprint density at radius 3 is 2.23 bits per heavy atom. The molecule has 7 nitrogen and oxygen atoms in total. The summed E-state index contributed by atoms with van der Waals surface area (Å²) in [5.41, 5.74) is 2.96. The van der Waals surface area contributed by atoms with Gasteiger partial charge in [-0.2, -0.15) is 10.2 Å².